The number of carbonyl (C=O) groups excluding carboxylic acids is 3. The molecule has 18 nitrogen and oxygen atoms in total. The lowest BCUT2D eigenvalue weighted by molar-refractivity contribution is -0.492. The van der Waals surface area contributed by atoms with Crippen LogP contribution < -0.4 is 5.32 Å². The highest BCUT2D eigenvalue weighted by Crippen LogP contribution is 2.01. The van der Waals surface area contributed by atoms with E-state index in [0.717, 1.165) is 0 Å². The monoisotopic (exact) mass is 490 g/mol. The minimum atomic E-state index is -1.34. The molecule has 0 aromatic carbocycles. The maximum atomic E-state index is 12.3. The van der Waals surface area contributed by atoms with E-state index in [-0.39, 0.29) is 52.1 Å². The largest absolute Gasteiger partial charge is 0.464 e. The first-order valence-electron chi connectivity index (χ1n) is 9.65. The molecule has 1 unspecified atom stereocenters. The minimum Gasteiger partial charge on any atom is -0.464 e. The summed E-state index contributed by atoms with van der Waals surface area (Å²) in [4.78, 5) is 48.9. The van der Waals surface area contributed by atoms with E-state index < -0.39 is 46.7 Å². The molecule has 1 amide bonds. The highest BCUT2D eigenvalue weighted by molar-refractivity contribution is 5.84. The number of carbonyl (C=O) groups is 3. The molecule has 0 heterocycles. The molecule has 0 aromatic rings. The summed E-state index contributed by atoms with van der Waals surface area (Å²) in [5.74, 6) is -2.27. The third-order valence-electron chi connectivity index (χ3n) is 3.51. The van der Waals surface area contributed by atoms with Gasteiger partial charge in [-0.05, 0) is 25.7 Å². The van der Waals surface area contributed by atoms with Crippen molar-refractivity contribution in [3.8, 4) is 0 Å². The van der Waals surface area contributed by atoms with E-state index in [1.165, 1.54) is 0 Å². The predicted molar refractivity (Wildman–Crippen MR) is 95.6 cm³/mol. The highest BCUT2D eigenvalue weighted by atomic mass is 17.1. The quantitative estimate of drug-likeness (QED) is 0.0610. The van der Waals surface area contributed by atoms with Crippen molar-refractivity contribution in [2.24, 2.45) is 0 Å². The molecule has 33 heavy (non-hydrogen) atoms. The van der Waals surface area contributed by atoms with Crippen LogP contribution in [0.3, 0.4) is 0 Å². The summed E-state index contributed by atoms with van der Waals surface area (Å²) in [6, 6.07) is -1.34. The minimum absolute atomic E-state index is 0.0580. The first-order chi connectivity index (χ1) is 15.6. The Kier molecular flexibility index (Phi) is 18.2. The van der Waals surface area contributed by atoms with Crippen molar-refractivity contribution in [2.75, 3.05) is 33.0 Å². The average molecular weight is 490 g/mol. The van der Waals surface area contributed by atoms with Gasteiger partial charge in [-0.1, -0.05) is 0 Å². The Hall–Kier alpha value is -2.07. The standard InChI is InChI=1S/C15H30N4O14/c20-13(5-3-9-32-18(25)26)16-12(11-30-14(21)6-4-10-33-19(27)28)15(22)29-7-1-2-8-31-17(23)24/h12,23-28H,1-11H2,(H,16,20). The van der Waals surface area contributed by atoms with Crippen molar-refractivity contribution in [3.63, 3.8) is 0 Å². The molecule has 0 fully saturated rings. The maximum absolute atomic E-state index is 12.3. The van der Waals surface area contributed by atoms with Crippen molar-refractivity contribution >= 4 is 17.8 Å². The molecule has 0 aliphatic rings. The van der Waals surface area contributed by atoms with Crippen molar-refractivity contribution in [3.05, 3.63) is 0 Å². The normalized spacial score (nSPS) is 12.3. The first kappa shape index (κ1) is 30.9. The predicted octanol–water partition coefficient (Wildman–Crippen LogP) is -1.07. The Balaban J connectivity index is 4.50. The van der Waals surface area contributed by atoms with Gasteiger partial charge in [0.15, 0.2) is 6.04 Å². The average Bonchev–Trinajstić information content (AvgIpc) is 2.73. The number of unbranched alkanes of at least 4 members (excludes halogenated alkanes) is 1. The molecule has 0 aliphatic heterocycles. The van der Waals surface area contributed by atoms with Gasteiger partial charge in [0, 0.05) is 12.8 Å². The Labute approximate surface area is 187 Å². The summed E-state index contributed by atoms with van der Waals surface area (Å²) in [7, 11) is 0. The zero-order valence-electron chi connectivity index (χ0n) is 17.6. The molecule has 18 heteroatoms. The topological polar surface area (TPSA) is 240 Å². The van der Waals surface area contributed by atoms with Crippen LogP contribution in [0.1, 0.15) is 38.5 Å². The van der Waals surface area contributed by atoms with E-state index in [1.54, 1.807) is 0 Å². The summed E-state index contributed by atoms with van der Waals surface area (Å²) in [5.41, 5.74) is 0. The second-order valence-electron chi connectivity index (χ2n) is 6.14. The first-order valence-corrected chi connectivity index (χ1v) is 9.65. The van der Waals surface area contributed by atoms with E-state index >= 15 is 0 Å². The lowest BCUT2D eigenvalue weighted by Crippen LogP contribution is -2.45. The summed E-state index contributed by atoms with van der Waals surface area (Å²) in [6.45, 7) is -1.09. The fraction of sp³-hybridized carbons (Fsp3) is 0.800. The maximum Gasteiger partial charge on any atom is 0.332 e. The number of rotatable bonds is 20. The van der Waals surface area contributed by atoms with Gasteiger partial charge in [-0.25, -0.2) is 4.79 Å². The number of amides is 1. The molecule has 1 atom stereocenters. The molecule has 0 aliphatic carbocycles. The number of hydrogen-bond donors (Lipinski definition) is 7. The van der Waals surface area contributed by atoms with Gasteiger partial charge in [-0.2, -0.15) is 0 Å². The number of nitrogens with one attached hydrogen (secondary N) is 1. The third-order valence-corrected chi connectivity index (χ3v) is 3.51. The number of nitrogens with zero attached hydrogens (tertiary/aromatic N) is 3. The molecule has 194 valence electrons. The summed E-state index contributed by atoms with van der Waals surface area (Å²) >= 11 is 0. The van der Waals surface area contributed by atoms with Crippen LogP contribution in [0.25, 0.3) is 0 Å². The Morgan fingerprint density at radius 1 is 0.667 bits per heavy atom. The van der Waals surface area contributed by atoms with E-state index in [2.05, 4.69) is 19.8 Å². The molecular formula is C15H30N4O14. The van der Waals surface area contributed by atoms with Crippen LogP contribution in [0.5, 0.6) is 0 Å². The van der Waals surface area contributed by atoms with Gasteiger partial charge in [-0.3, -0.25) is 55.3 Å². The molecule has 0 radical (unpaired) electrons. The number of hydrogen-bond acceptors (Lipinski definition) is 17. The van der Waals surface area contributed by atoms with Gasteiger partial charge in [-0.15, -0.1) is 0 Å². The van der Waals surface area contributed by atoms with Crippen LogP contribution in [0, 0.1) is 0 Å². The lowest BCUT2D eigenvalue weighted by Gasteiger charge is -2.18. The van der Waals surface area contributed by atoms with Gasteiger partial charge < -0.3 is 14.8 Å². The fourth-order valence-electron chi connectivity index (χ4n) is 2.05. The molecule has 0 saturated carbocycles. The Morgan fingerprint density at radius 2 is 1.15 bits per heavy atom. The molecule has 0 saturated heterocycles. The molecule has 0 bridgehead atoms. The zero-order valence-corrected chi connectivity index (χ0v) is 17.6. The molecule has 7 N–H and O–H groups in total. The van der Waals surface area contributed by atoms with Crippen LogP contribution in [-0.2, 0) is 38.4 Å². The molecule has 0 rings (SSSR count). The van der Waals surface area contributed by atoms with Crippen molar-refractivity contribution in [1.29, 1.82) is 0 Å². The summed E-state index contributed by atoms with van der Waals surface area (Å²) in [5, 5.41) is 51.2. The van der Waals surface area contributed by atoms with Gasteiger partial charge >= 0.3 is 11.9 Å². The second-order valence-corrected chi connectivity index (χ2v) is 6.14. The van der Waals surface area contributed by atoms with E-state index in [4.69, 9.17) is 40.7 Å². The van der Waals surface area contributed by atoms with Crippen LogP contribution in [0.15, 0.2) is 0 Å². The van der Waals surface area contributed by atoms with Gasteiger partial charge in [0.25, 0.3) is 0 Å². The second kappa shape index (κ2) is 19.4. The smallest absolute Gasteiger partial charge is 0.332 e. The van der Waals surface area contributed by atoms with E-state index in [9.17, 15) is 14.4 Å². The van der Waals surface area contributed by atoms with Gasteiger partial charge in [0.2, 0.25) is 5.91 Å². The van der Waals surface area contributed by atoms with Gasteiger partial charge in [0.1, 0.15) is 6.61 Å². The van der Waals surface area contributed by atoms with Gasteiger partial charge in [0.05, 0.1) is 42.6 Å². The zero-order chi connectivity index (χ0) is 25.1. The SMILES string of the molecule is O=C(CCCON(O)O)NC(COC(=O)CCCON(O)O)C(=O)OCCCCON(O)O. The fourth-order valence-corrected chi connectivity index (χ4v) is 2.05. The number of ether oxygens (including phenoxy) is 2. The Bertz CT molecular complexity index is 551. The van der Waals surface area contributed by atoms with Crippen molar-refractivity contribution in [2.45, 2.75) is 44.6 Å². The summed E-state index contributed by atoms with van der Waals surface area (Å²) < 4.78 is 9.94. The van der Waals surface area contributed by atoms with Crippen molar-refractivity contribution < 1.29 is 69.6 Å². The van der Waals surface area contributed by atoms with Crippen LogP contribution in [0.2, 0.25) is 0 Å². The van der Waals surface area contributed by atoms with Crippen LogP contribution >= 0.6 is 0 Å². The van der Waals surface area contributed by atoms with Crippen LogP contribution in [0.4, 0.5) is 0 Å². The lowest BCUT2D eigenvalue weighted by atomic mass is 10.2. The van der Waals surface area contributed by atoms with Crippen LogP contribution in [-0.4, -0.2) is 104 Å². The van der Waals surface area contributed by atoms with E-state index in [0.29, 0.717) is 12.8 Å². The number of esters is 2. The summed E-state index contributed by atoms with van der Waals surface area (Å²) in [6.07, 6.45) is 0.425. The van der Waals surface area contributed by atoms with E-state index in [1.807, 2.05) is 0 Å². The Morgan fingerprint density at radius 3 is 1.70 bits per heavy atom. The molecule has 0 spiro atoms. The highest BCUT2D eigenvalue weighted by Gasteiger charge is 2.24. The molecule has 0 aromatic heterocycles. The third kappa shape index (κ3) is 20.3. The van der Waals surface area contributed by atoms with Crippen molar-refractivity contribution in [1.82, 2.24) is 21.5 Å². The molecular weight excluding hydrogens is 460 g/mol.